The van der Waals surface area contributed by atoms with Crippen LogP contribution in [0.25, 0.3) is 87.6 Å². The van der Waals surface area contributed by atoms with E-state index in [9.17, 15) is 0 Å². The van der Waals surface area contributed by atoms with Crippen molar-refractivity contribution in [2.24, 2.45) is 0 Å². The SMILES string of the molecule is C1=CCCC(c2ccc(-c3cccc(-n4c5ccccc5c5c6c7ccccc7c(-c7ccccc7)cc6c6ccccc6c54)c3)cc2)=C1. The molecule has 230 valence electrons. The average Bonchev–Trinajstić information content (AvgIpc) is 3.54. The zero-order valence-electron chi connectivity index (χ0n) is 27.1. The van der Waals surface area contributed by atoms with Crippen LogP contribution in [0, 0.1) is 0 Å². The van der Waals surface area contributed by atoms with E-state index in [-0.39, 0.29) is 0 Å². The van der Waals surface area contributed by atoms with E-state index in [0.29, 0.717) is 0 Å². The fraction of sp³-hybridized carbons (Fsp3) is 0.0417. The molecule has 0 amide bonds. The van der Waals surface area contributed by atoms with Crippen LogP contribution < -0.4 is 0 Å². The van der Waals surface area contributed by atoms with Gasteiger partial charge in [0.25, 0.3) is 0 Å². The van der Waals surface area contributed by atoms with Crippen LogP contribution >= 0.6 is 0 Å². The lowest BCUT2D eigenvalue weighted by atomic mass is 9.88. The van der Waals surface area contributed by atoms with Gasteiger partial charge in [-0.1, -0.05) is 152 Å². The molecule has 0 saturated heterocycles. The summed E-state index contributed by atoms with van der Waals surface area (Å²) in [5.74, 6) is 0. The van der Waals surface area contributed by atoms with Gasteiger partial charge in [-0.3, -0.25) is 0 Å². The fourth-order valence-corrected chi connectivity index (χ4v) is 8.20. The molecule has 1 aliphatic carbocycles. The van der Waals surface area contributed by atoms with Crippen molar-refractivity contribution in [2.45, 2.75) is 12.8 Å². The van der Waals surface area contributed by atoms with Crippen molar-refractivity contribution in [1.82, 2.24) is 4.57 Å². The van der Waals surface area contributed by atoms with Crippen LogP contribution in [0.4, 0.5) is 0 Å². The number of hydrogen-bond acceptors (Lipinski definition) is 0. The minimum atomic E-state index is 1.10. The predicted octanol–water partition coefficient (Wildman–Crippen LogP) is 13.3. The monoisotopic (exact) mass is 623 g/mol. The smallest absolute Gasteiger partial charge is 0.0626 e. The zero-order valence-corrected chi connectivity index (χ0v) is 27.1. The van der Waals surface area contributed by atoms with Crippen LogP contribution in [0.3, 0.4) is 0 Å². The number of hydrogen-bond donors (Lipinski definition) is 0. The Morgan fingerprint density at radius 1 is 0.429 bits per heavy atom. The highest BCUT2D eigenvalue weighted by Crippen LogP contribution is 2.47. The molecule has 0 spiro atoms. The molecule has 8 aromatic carbocycles. The third-order valence-electron chi connectivity index (χ3n) is 10.4. The third-order valence-corrected chi connectivity index (χ3v) is 10.4. The second kappa shape index (κ2) is 11.2. The van der Waals surface area contributed by atoms with Gasteiger partial charge >= 0.3 is 0 Å². The second-order valence-corrected chi connectivity index (χ2v) is 13.2. The maximum absolute atomic E-state index is 2.50. The molecule has 0 fully saturated rings. The number of para-hydroxylation sites is 1. The Labute approximate surface area is 285 Å². The van der Waals surface area contributed by atoms with Crippen LogP contribution in [0.1, 0.15) is 18.4 Å². The van der Waals surface area contributed by atoms with Gasteiger partial charge in [0.15, 0.2) is 0 Å². The lowest BCUT2D eigenvalue weighted by molar-refractivity contribution is 1.05. The van der Waals surface area contributed by atoms with Gasteiger partial charge in [0.1, 0.15) is 0 Å². The minimum Gasteiger partial charge on any atom is -0.309 e. The van der Waals surface area contributed by atoms with E-state index in [1.807, 2.05) is 0 Å². The molecule has 1 heterocycles. The summed E-state index contributed by atoms with van der Waals surface area (Å²) in [5.41, 5.74) is 11.3. The highest BCUT2D eigenvalue weighted by atomic mass is 15.0. The summed E-state index contributed by atoms with van der Waals surface area (Å²) in [6.45, 7) is 0. The number of nitrogens with zero attached hydrogens (tertiary/aromatic N) is 1. The Morgan fingerprint density at radius 3 is 1.90 bits per heavy atom. The van der Waals surface area contributed by atoms with E-state index in [1.54, 1.807) is 0 Å². The van der Waals surface area contributed by atoms with Crippen molar-refractivity contribution >= 4 is 59.7 Å². The Hall–Kier alpha value is -6.18. The largest absolute Gasteiger partial charge is 0.309 e. The van der Waals surface area contributed by atoms with E-state index >= 15 is 0 Å². The molecule has 1 heteroatoms. The van der Waals surface area contributed by atoms with Gasteiger partial charge in [0, 0.05) is 27.2 Å². The van der Waals surface area contributed by atoms with E-state index in [0.717, 1.165) is 12.8 Å². The normalized spacial score (nSPS) is 13.2. The summed E-state index contributed by atoms with van der Waals surface area (Å²) < 4.78 is 2.50. The standard InChI is InChI=1S/C48H33N/c1-3-14-32(15-4-1)33-26-28-34(29-27-33)36-18-13-19-37(30-36)49-45-25-12-11-24-42(45)47-46-40-22-9-7-20-38(40)43(35-16-5-2-6-17-35)31-44(46)39-21-8-10-23-41(39)48(47)49/h1-3,5-14,16-31H,4,15H2. The van der Waals surface area contributed by atoms with Crippen LogP contribution in [0.15, 0.2) is 176 Å². The molecule has 0 radical (unpaired) electrons. The van der Waals surface area contributed by atoms with Crippen molar-refractivity contribution in [3.63, 3.8) is 0 Å². The van der Waals surface area contributed by atoms with Gasteiger partial charge in [-0.25, -0.2) is 0 Å². The highest BCUT2D eigenvalue weighted by molar-refractivity contribution is 6.38. The van der Waals surface area contributed by atoms with E-state index in [4.69, 9.17) is 0 Å². The summed E-state index contributed by atoms with van der Waals surface area (Å²) in [5, 5.41) is 10.3. The van der Waals surface area contributed by atoms with Gasteiger partial charge in [0.05, 0.1) is 11.0 Å². The fourth-order valence-electron chi connectivity index (χ4n) is 8.20. The van der Waals surface area contributed by atoms with Crippen LogP contribution in [-0.2, 0) is 0 Å². The molecular formula is C48H33N. The van der Waals surface area contributed by atoms with Crippen molar-refractivity contribution < 1.29 is 0 Å². The van der Waals surface area contributed by atoms with Crippen molar-refractivity contribution in [3.05, 3.63) is 182 Å². The molecule has 49 heavy (non-hydrogen) atoms. The number of rotatable bonds is 4. The first kappa shape index (κ1) is 27.9. The first-order chi connectivity index (χ1) is 24.3. The first-order valence-electron chi connectivity index (χ1n) is 17.3. The molecule has 9 aromatic rings. The predicted molar refractivity (Wildman–Crippen MR) is 211 cm³/mol. The molecule has 1 aliphatic rings. The molecule has 0 N–H and O–H groups in total. The van der Waals surface area contributed by atoms with Crippen LogP contribution in [0.5, 0.6) is 0 Å². The van der Waals surface area contributed by atoms with Gasteiger partial charge in [0.2, 0.25) is 0 Å². The summed E-state index contributed by atoms with van der Waals surface area (Å²) in [6.07, 6.45) is 8.89. The van der Waals surface area contributed by atoms with Crippen LogP contribution in [0.2, 0.25) is 0 Å². The molecule has 0 bridgehead atoms. The lowest BCUT2D eigenvalue weighted by Crippen LogP contribution is -1.96. The highest BCUT2D eigenvalue weighted by Gasteiger charge is 2.21. The quantitative estimate of drug-likeness (QED) is 0.172. The van der Waals surface area contributed by atoms with Gasteiger partial charge in [-0.15, -0.1) is 0 Å². The molecular weight excluding hydrogens is 591 g/mol. The number of benzene rings is 8. The molecule has 1 aromatic heterocycles. The van der Waals surface area contributed by atoms with E-state index < -0.39 is 0 Å². The molecule has 0 saturated carbocycles. The molecule has 0 aliphatic heterocycles. The summed E-state index contributed by atoms with van der Waals surface area (Å²) >= 11 is 0. The Morgan fingerprint density at radius 2 is 1.10 bits per heavy atom. The molecule has 0 unspecified atom stereocenters. The molecule has 10 rings (SSSR count). The lowest BCUT2D eigenvalue weighted by Gasteiger charge is -2.16. The molecule has 0 atom stereocenters. The number of aromatic nitrogens is 1. The van der Waals surface area contributed by atoms with Crippen LogP contribution in [-0.4, -0.2) is 4.57 Å². The van der Waals surface area contributed by atoms with Crippen molar-refractivity contribution in [2.75, 3.05) is 0 Å². The van der Waals surface area contributed by atoms with E-state index in [2.05, 4.69) is 181 Å². The third kappa shape index (κ3) is 4.40. The summed E-state index contributed by atoms with van der Waals surface area (Å²) in [6, 6.07) is 58.3. The number of fused-ring (bicyclic) bond motifs is 10. The Kier molecular flexibility index (Phi) is 6.38. The van der Waals surface area contributed by atoms with Gasteiger partial charge in [-0.05, 0) is 92.0 Å². The maximum atomic E-state index is 2.50. The maximum Gasteiger partial charge on any atom is 0.0626 e. The first-order valence-corrected chi connectivity index (χ1v) is 17.3. The Bertz CT molecular complexity index is 2790. The minimum absolute atomic E-state index is 1.10. The average molecular weight is 624 g/mol. The topological polar surface area (TPSA) is 4.93 Å². The van der Waals surface area contributed by atoms with Crippen molar-refractivity contribution in [1.29, 1.82) is 0 Å². The Balaban J connectivity index is 1.28. The summed E-state index contributed by atoms with van der Waals surface area (Å²) in [4.78, 5) is 0. The van der Waals surface area contributed by atoms with Gasteiger partial charge < -0.3 is 4.57 Å². The zero-order chi connectivity index (χ0) is 32.3. The number of allylic oxidation sites excluding steroid dienone is 4. The second-order valence-electron chi connectivity index (χ2n) is 13.2. The summed E-state index contributed by atoms with van der Waals surface area (Å²) in [7, 11) is 0. The van der Waals surface area contributed by atoms with Gasteiger partial charge in [-0.2, -0.15) is 0 Å². The van der Waals surface area contributed by atoms with Crippen molar-refractivity contribution in [3.8, 4) is 27.9 Å². The molecule has 1 nitrogen and oxygen atoms in total. The van der Waals surface area contributed by atoms with E-state index in [1.165, 1.54) is 93.2 Å².